The lowest BCUT2D eigenvalue weighted by Crippen LogP contribution is -2.18. The summed E-state index contributed by atoms with van der Waals surface area (Å²) in [7, 11) is 2.05. The zero-order valence-corrected chi connectivity index (χ0v) is 12.9. The first-order valence-corrected chi connectivity index (χ1v) is 7.41. The van der Waals surface area contributed by atoms with Crippen LogP contribution in [0.4, 0.5) is 0 Å². The number of rotatable bonds is 7. The fraction of sp³-hybridized carbons (Fsp3) is 0.800. The lowest BCUT2D eigenvalue weighted by Gasteiger charge is -2.18. The van der Waals surface area contributed by atoms with Gasteiger partial charge in [-0.25, -0.2) is 0 Å². The largest absolute Gasteiger partial charge is 0.313 e. The van der Waals surface area contributed by atoms with E-state index in [9.17, 15) is 0 Å². The second kappa shape index (κ2) is 6.93. The summed E-state index contributed by atoms with van der Waals surface area (Å²) in [6, 6.07) is 0.932. The highest BCUT2D eigenvalue weighted by molar-refractivity contribution is 5.30. The molecule has 1 aromatic rings. The van der Waals surface area contributed by atoms with Crippen molar-refractivity contribution in [2.75, 3.05) is 7.05 Å². The number of nitrogens with zero attached hydrogens (tertiary/aromatic N) is 2. The molecule has 0 amide bonds. The zero-order valence-electron chi connectivity index (χ0n) is 12.9. The summed E-state index contributed by atoms with van der Waals surface area (Å²) >= 11 is 0. The highest BCUT2D eigenvalue weighted by atomic mass is 15.3. The molecule has 1 N–H and O–H groups in total. The molecule has 3 heteroatoms. The van der Waals surface area contributed by atoms with Crippen LogP contribution in [0.3, 0.4) is 0 Å². The lowest BCUT2D eigenvalue weighted by molar-refractivity contribution is 0.456. The topological polar surface area (TPSA) is 29.9 Å². The third-order valence-electron chi connectivity index (χ3n) is 3.91. The van der Waals surface area contributed by atoms with Crippen LogP contribution in [0, 0.1) is 0 Å². The molecule has 0 aliphatic heterocycles. The fourth-order valence-electron chi connectivity index (χ4n) is 2.64. The van der Waals surface area contributed by atoms with Gasteiger partial charge in [0.05, 0.1) is 5.69 Å². The Labute approximate surface area is 112 Å². The van der Waals surface area contributed by atoms with E-state index in [2.05, 4.69) is 44.6 Å². The van der Waals surface area contributed by atoms with Crippen molar-refractivity contribution in [2.45, 2.75) is 72.4 Å². The first-order chi connectivity index (χ1) is 8.64. The maximum absolute atomic E-state index is 4.86. The van der Waals surface area contributed by atoms with Crippen LogP contribution in [0.15, 0.2) is 0 Å². The number of hydrogen-bond acceptors (Lipinski definition) is 2. The maximum atomic E-state index is 4.86. The summed E-state index contributed by atoms with van der Waals surface area (Å²) in [5, 5.41) is 8.30. The van der Waals surface area contributed by atoms with E-state index < -0.39 is 0 Å². The Hall–Kier alpha value is -0.830. The average Bonchev–Trinajstić information content (AvgIpc) is 2.78. The Morgan fingerprint density at radius 3 is 2.17 bits per heavy atom. The molecule has 1 heterocycles. The number of nitrogens with one attached hydrogen (secondary N) is 1. The minimum absolute atomic E-state index is 0.438. The molecule has 1 rings (SSSR count). The highest BCUT2D eigenvalue weighted by Gasteiger charge is 2.22. The van der Waals surface area contributed by atoms with Crippen LogP contribution in [-0.2, 0) is 12.8 Å². The summed E-state index contributed by atoms with van der Waals surface area (Å²) < 4.78 is 2.26. The van der Waals surface area contributed by atoms with E-state index in [-0.39, 0.29) is 0 Å². The van der Waals surface area contributed by atoms with E-state index in [0.717, 1.165) is 25.7 Å². The van der Waals surface area contributed by atoms with Gasteiger partial charge < -0.3 is 5.32 Å². The van der Waals surface area contributed by atoms with Crippen LogP contribution in [0.2, 0.25) is 0 Å². The fourth-order valence-corrected chi connectivity index (χ4v) is 2.64. The quantitative estimate of drug-likeness (QED) is 0.801. The molecule has 104 valence electrons. The lowest BCUT2D eigenvalue weighted by atomic mass is 9.99. The minimum Gasteiger partial charge on any atom is -0.313 e. The van der Waals surface area contributed by atoms with Gasteiger partial charge in [0.2, 0.25) is 0 Å². The molecule has 18 heavy (non-hydrogen) atoms. The van der Waals surface area contributed by atoms with Crippen LogP contribution in [0.5, 0.6) is 0 Å². The molecule has 0 spiro atoms. The minimum atomic E-state index is 0.438. The molecule has 0 fully saturated rings. The molecule has 0 aliphatic carbocycles. The van der Waals surface area contributed by atoms with Crippen molar-refractivity contribution in [3.8, 4) is 0 Å². The number of aromatic nitrogens is 2. The molecule has 1 aromatic heterocycles. The van der Waals surface area contributed by atoms with E-state index in [1.165, 1.54) is 17.0 Å². The van der Waals surface area contributed by atoms with Crippen LogP contribution in [-0.4, -0.2) is 16.8 Å². The Bertz CT molecular complexity index is 364. The van der Waals surface area contributed by atoms with E-state index in [1.54, 1.807) is 0 Å². The molecule has 0 aliphatic rings. The summed E-state index contributed by atoms with van der Waals surface area (Å²) in [4.78, 5) is 0. The SMILES string of the molecule is CCc1nn(C(C)CC)c(CC)c1C(CC)NC. The Morgan fingerprint density at radius 1 is 1.11 bits per heavy atom. The Kier molecular flexibility index (Phi) is 5.86. The summed E-state index contributed by atoms with van der Waals surface area (Å²) in [5.41, 5.74) is 4.14. The molecule has 0 aromatic carbocycles. The van der Waals surface area contributed by atoms with E-state index >= 15 is 0 Å². The van der Waals surface area contributed by atoms with Crippen molar-refractivity contribution in [3.05, 3.63) is 17.0 Å². The summed E-state index contributed by atoms with van der Waals surface area (Å²) in [5.74, 6) is 0. The molecule has 0 bridgehead atoms. The van der Waals surface area contributed by atoms with Gasteiger partial charge in [-0.3, -0.25) is 4.68 Å². The van der Waals surface area contributed by atoms with Crippen LogP contribution >= 0.6 is 0 Å². The van der Waals surface area contributed by atoms with Gasteiger partial charge in [-0.05, 0) is 39.7 Å². The van der Waals surface area contributed by atoms with Gasteiger partial charge in [0.1, 0.15) is 0 Å². The Morgan fingerprint density at radius 2 is 1.78 bits per heavy atom. The van der Waals surface area contributed by atoms with Crippen LogP contribution in [0.25, 0.3) is 0 Å². The zero-order chi connectivity index (χ0) is 13.7. The van der Waals surface area contributed by atoms with Crippen molar-refractivity contribution in [1.82, 2.24) is 15.1 Å². The van der Waals surface area contributed by atoms with Crippen molar-refractivity contribution in [1.29, 1.82) is 0 Å². The Balaban J connectivity index is 3.33. The molecule has 0 saturated carbocycles. The molecular weight excluding hydrogens is 222 g/mol. The monoisotopic (exact) mass is 251 g/mol. The third kappa shape index (κ3) is 2.77. The van der Waals surface area contributed by atoms with Gasteiger partial charge in [0, 0.05) is 23.3 Å². The molecular formula is C15H29N3. The molecule has 0 saturated heterocycles. The van der Waals surface area contributed by atoms with Gasteiger partial charge in [-0.2, -0.15) is 5.10 Å². The second-order valence-electron chi connectivity index (χ2n) is 4.97. The standard InChI is InChI=1S/C15H29N3/c1-7-11(5)18-14(10-4)15(12(8-2)16-6)13(9-3)17-18/h11-12,16H,7-10H2,1-6H3. The van der Waals surface area contributed by atoms with Crippen molar-refractivity contribution < 1.29 is 0 Å². The molecule has 2 unspecified atom stereocenters. The first-order valence-electron chi connectivity index (χ1n) is 7.41. The van der Waals surface area contributed by atoms with Crippen molar-refractivity contribution >= 4 is 0 Å². The predicted octanol–water partition coefficient (Wildman–Crippen LogP) is 3.65. The van der Waals surface area contributed by atoms with Gasteiger partial charge >= 0.3 is 0 Å². The van der Waals surface area contributed by atoms with Gasteiger partial charge in [-0.15, -0.1) is 0 Å². The molecule has 0 radical (unpaired) electrons. The average molecular weight is 251 g/mol. The van der Waals surface area contributed by atoms with Crippen molar-refractivity contribution in [2.24, 2.45) is 0 Å². The van der Waals surface area contributed by atoms with Gasteiger partial charge in [-0.1, -0.05) is 27.7 Å². The molecule has 3 nitrogen and oxygen atoms in total. The highest BCUT2D eigenvalue weighted by Crippen LogP contribution is 2.28. The normalized spacial score (nSPS) is 14.8. The second-order valence-corrected chi connectivity index (χ2v) is 4.97. The van der Waals surface area contributed by atoms with Crippen LogP contribution in [0.1, 0.15) is 76.5 Å². The number of aryl methyl sites for hydroxylation is 1. The number of hydrogen-bond donors (Lipinski definition) is 1. The maximum Gasteiger partial charge on any atom is 0.0672 e. The molecule has 2 atom stereocenters. The third-order valence-corrected chi connectivity index (χ3v) is 3.91. The van der Waals surface area contributed by atoms with Crippen molar-refractivity contribution in [3.63, 3.8) is 0 Å². The van der Waals surface area contributed by atoms with E-state index in [4.69, 9.17) is 5.10 Å². The predicted molar refractivity (Wildman–Crippen MR) is 78.1 cm³/mol. The summed E-state index contributed by atoms with van der Waals surface area (Å²) in [6.07, 6.45) is 4.32. The van der Waals surface area contributed by atoms with E-state index in [0.29, 0.717) is 12.1 Å². The summed E-state index contributed by atoms with van der Waals surface area (Å²) in [6.45, 7) is 11.2. The van der Waals surface area contributed by atoms with Gasteiger partial charge in [0.15, 0.2) is 0 Å². The van der Waals surface area contributed by atoms with Gasteiger partial charge in [0.25, 0.3) is 0 Å². The first kappa shape index (κ1) is 15.2. The van der Waals surface area contributed by atoms with Crippen LogP contribution < -0.4 is 5.32 Å². The van der Waals surface area contributed by atoms with E-state index in [1.807, 2.05) is 7.05 Å². The smallest absolute Gasteiger partial charge is 0.0672 e.